The van der Waals surface area contributed by atoms with Gasteiger partial charge in [-0.25, -0.2) is 4.79 Å². The lowest BCUT2D eigenvalue weighted by Crippen LogP contribution is -2.19. The highest BCUT2D eigenvalue weighted by Gasteiger charge is 2.19. The Morgan fingerprint density at radius 1 is 1.00 bits per heavy atom. The third-order valence-electron chi connectivity index (χ3n) is 3.51. The molecule has 2 amide bonds. The predicted molar refractivity (Wildman–Crippen MR) is 103 cm³/mol. The molecule has 26 heavy (non-hydrogen) atoms. The number of benzene rings is 1. The normalized spacial score (nSPS) is 11.2. The highest BCUT2D eigenvalue weighted by atomic mass is 32.2. The van der Waals surface area contributed by atoms with E-state index < -0.39 is 0 Å². The van der Waals surface area contributed by atoms with Gasteiger partial charge in [-0.3, -0.25) is 10.3 Å². The molecule has 3 aromatic rings. The summed E-state index contributed by atoms with van der Waals surface area (Å²) in [6.45, 7) is 6.08. The number of pyridine rings is 1. The van der Waals surface area contributed by atoms with E-state index in [9.17, 15) is 4.79 Å². The lowest BCUT2D eigenvalue weighted by Gasteiger charge is -2.12. The Morgan fingerprint density at radius 2 is 1.65 bits per heavy atom. The lowest BCUT2D eigenvalue weighted by atomic mass is 9.92. The minimum absolute atomic E-state index is 0.137. The number of hydrogen-bond acceptors (Lipinski definition) is 5. The van der Waals surface area contributed by atoms with Crippen molar-refractivity contribution in [3.05, 3.63) is 60.6 Å². The van der Waals surface area contributed by atoms with Gasteiger partial charge in [-0.05, 0) is 36.4 Å². The van der Waals surface area contributed by atoms with Crippen LogP contribution in [0.1, 0.15) is 26.5 Å². The Balaban J connectivity index is 1.57. The standard InChI is InChI=1S/C19H20N4O2S/c1-19(2,3)16-12-17(25-23-16)22-18(24)21-13-4-6-14(7-5-13)26-15-8-10-20-11-9-15/h4-12H,1-3H3,(H2,21,22,24). The van der Waals surface area contributed by atoms with Crippen molar-refractivity contribution in [1.29, 1.82) is 0 Å². The van der Waals surface area contributed by atoms with E-state index in [4.69, 9.17) is 4.52 Å². The molecule has 0 spiro atoms. The topological polar surface area (TPSA) is 80.0 Å². The minimum atomic E-state index is -0.379. The molecular formula is C19H20N4O2S. The summed E-state index contributed by atoms with van der Waals surface area (Å²) in [5, 5.41) is 9.39. The molecule has 0 unspecified atom stereocenters. The van der Waals surface area contributed by atoms with Crippen molar-refractivity contribution in [2.75, 3.05) is 10.6 Å². The van der Waals surface area contributed by atoms with E-state index in [-0.39, 0.29) is 11.4 Å². The predicted octanol–water partition coefficient (Wildman–Crippen LogP) is 5.16. The van der Waals surface area contributed by atoms with Gasteiger partial charge in [0.1, 0.15) is 0 Å². The first kappa shape index (κ1) is 18.0. The first-order chi connectivity index (χ1) is 12.4. The second kappa shape index (κ2) is 7.61. The van der Waals surface area contributed by atoms with Gasteiger partial charge in [-0.15, -0.1) is 0 Å². The number of amides is 2. The van der Waals surface area contributed by atoms with Crippen molar-refractivity contribution in [3.8, 4) is 0 Å². The van der Waals surface area contributed by atoms with Crippen molar-refractivity contribution < 1.29 is 9.32 Å². The highest BCUT2D eigenvalue weighted by Crippen LogP contribution is 2.28. The zero-order valence-electron chi connectivity index (χ0n) is 14.8. The molecular weight excluding hydrogens is 348 g/mol. The summed E-state index contributed by atoms with van der Waals surface area (Å²) in [7, 11) is 0. The monoisotopic (exact) mass is 368 g/mol. The van der Waals surface area contributed by atoms with Crippen LogP contribution in [0.3, 0.4) is 0 Å². The van der Waals surface area contributed by atoms with Gasteiger partial charge in [-0.2, -0.15) is 0 Å². The van der Waals surface area contributed by atoms with Crippen LogP contribution in [-0.4, -0.2) is 16.2 Å². The zero-order valence-corrected chi connectivity index (χ0v) is 15.6. The molecule has 0 aliphatic carbocycles. The van der Waals surface area contributed by atoms with Crippen molar-refractivity contribution in [3.63, 3.8) is 0 Å². The van der Waals surface area contributed by atoms with Crippen molar-refractivity contribution >= 4 is 29.4 Å². The van der Waals surface area contributed by atoms with Crippen LogP contribution >= 0.6 is 11.8 Å². The molecule has 7 heteroatoms. The Morgan fingerprint density at radius 3 is 2.27 bits per heavy atom. The van der Waals surface area contributed by atoms with Gasteiger partial charge in [-0.1, -0.05) is 37.7 Å². The number of carbonyl (C=O) groups is 1. The molecule has 6 nitrogen and oxygen atoms in total. The summed E-state index contributed by atoms with van der Waals surface area (Å²) in [4.78, 5) is 18.3. The number of hydrogen-bond donors (Lipinski definition) is 2. The second-order valence-electron chi connectivity index (χ2n) is 6.71. The Hall–Kier alpha value is -2.80. The van der Waals surface area contributed by atoms with Crippen LogP contribution in [0.5, 0.6) is 0 Å². The summed E-state index contributed by atoms with van der Waals surface area (Å²) < 4.78 is 5.15. The molecule has 134 valence electrons. The SMILES string of the molecule is CC(C)(C)c1cc(NC(=O)Nc2ccc(Sc3ccncc3)cc2)on1. The third kappa shape index (κ3) is 4.86. The molecule has 1 aromatic carbocycles. The molecule has 0 saturated heterocycles. The number of anilines is 2. The largest absolute Gasteiger partial charge is 0.338 e. The fraction of sp³-hybridized carbons (Fsp3) is 0.211. The maximum absolute atomic E-state index is 12.1. The van der Waals surface area contributed by atoms with Gasteiger partial charge in [0.25, 0.3) is 0 Å². The highest BCUT2D eigenvalue weighted by molar-refractivity contribution is 7.99. The Bertz CT molecular complexity index is 871. The first-order valence-corrected chi connectivity index (χ1v) is 8.95. The number of urea groups is 1. The third-order valence-corrected chi connectivity index (χ3v) is 4.53. The molecule has 0 radical (unpaired) electrons. The van der Waals surface area contributed by atoms with Crippen LogP contribution in [-0.2, 0) is 5.41 Å². The van der Waals surface area contributed by atoms with E-state index in [2.05, 4.69) is 20.8 Å². The van der Waals surface area contributed by atoms with E-state index in [0.717, 1.165) is 15.5 Å². The maximum Gasteiger partial charge on any atom is 0.326 e. The quantitative estimate of drug-likeness (QED) is 0.665. The van der Waals surface area contributed by atoms with Crippen molar-refractivity contribution in [2.45, 2.75) is 36.0 Å². The van der Waals surface area contributed by atoms with Crippen LogP contribution in [0.4, 0.5) is 16.4 Å². The zero-order chi connectivity index (χ0) is 18.6. The molecule has 2 aromatic heterocycles. The van der Waals surface area contributed by atoms with Gasteiger partial charge in [0.05, 0.1) is 5.69 Å². The van der Waals surface area contributed by atoms with E-state index in [1.807, 2.05) is 57.2 Å². The molecule has 0 aliphatic rings. The molecule has 0 fully saturated rings. The molecule has 0 atom stereocenters. The minimum Gasteiger partial charge on any atom is -0.338 e. The number of rotatable bonds is 4. The van der Waals surface area contributed by atoms with Crippen molar-refractivity contribution in [1.82, 2.24) is 10.1 Å². The number of carbonyl (C=O) groups excluding carboxylic acids is 1. The fourth-order valence-corrected chi connectivity index (χ4v) is 2.91. The summed E-state index contributed by atoms with van der Waals surface area (Å²) in [6, 6.07) is 12.9. The molecule has 0 bridgehead atoms. The average Bonchev–Trinajstić information content (AvgIpc) is 3.06. The summed E-state index contributed by atoms with van der Waals surface area (Å²) in [5.74, 6) is 0.317. The van der Waals surface area contributed by atoms with E-state index in [1.165, 1.54) is 0 Å². The molecule has 0 saturated carbocycles. The lowest BCUT2D eigenvalue weighted by molar-refractivity contribution is 0.261. The summed E-state index contributed by atoms with van der Waals surface area (Å²) in [5.41, 5.74) is 1.34. The number of aromatic nitrogens is 2. The van der Waals surface area contributed by atoms with Gasteiger partial charge < -0.3 is 9.84 Å². The van der Waals surface area contributed by atoms with Gasteiger partial charge in [0.2, 0.25) is 5.88 Å². The molecule has 2 heterocycles. The van der Waals surface area contributed by atoms with Gasteiger partial charge in [0.15, 0.2) is 0 Å². The number of nitrogens with zero attached hydrogens (tertiary/aromatic N) is 2. The van der Waals surface area contributed by atoms with Gasteiger partial charge in [0, 0.05) is 39.4 Å². The maximum atomic E-state index is 12.1. The van der Waals surface area contributed by atoms with Crippen LogP contribution in [0.2, 0.25) is 0 Å². The van der Waals surface area contributed by atoms with Gasteiger partial charge >= 0.3 is 6.03 Å². The van der Waals surface area contributed by atoms with Crippen LogP contribution in [0, 0.1) is 0 Å². The van der Waals surface area contributed by atoms with Crippen LogP contribution in [0.25, 0.3) is 0 Å². The van der Waals surface area contributed by atoms with Crippen molar-refractivity contribution in [2.24, 2.45) is 0 Å². The fourth-order valence-electron chi connectivity index (χ4n) is 2.11. The Labute approximate surface area is 156 Å². The smallest absolute Gasteiger partial charge is 0.326 e. The number of nitrogens with one attached hydrogen (secondary N) is 2. The van der Waals surface area contributed by atoms with Crippen LogP contribution < -0.4 is 10.6 Å². The summed E-state index contributed by atoms with van der Waals surface area (Å²) >= 11 is 1.63. The summed E-state index contributed by atoms with van der Waals surface area (Å²) in [6.07, 6.45) is 3.52. The second-order valence-corrected chi connectivity index (χ2v) is 7.86. The van der Waals surface area contributed by atoms with E-state index in [1.54, 1.807) is 30.2 Å². The molecule has 0 aliphatic heterocycles. The van der Waals surface area contributed by atoms with Crippen LogP contribution in [0.15, 0.2) is 69.2 Å². The van der Waals surface area contributed by atoms with E-state index in [0.29, 0.717) is 11.6 Å². The molecule has 2 N–H and O–H groups in total. The Kier molecular flexibility index (Phi) is 5.27. The average molecular weight is 368 g/mol. The first-order valence-electron chi connectivity index (χ1n) is 8.13. The van der Waals surface area contributed by atoms with E-state index >= 15 is 0 Å². The molecule has 3 rings (SSSR count).